The van der Waals surface area contributed by atoms with Crippen molar-refractivity contribution in [2.24, 2.45) is 0 Å². The molecule has 0 radical (unpaired) electrons. The van der Waals surface area contributed by atoms with Crippen LogP contribution < -0.4 is 5.32 Å². The molecule has 1 aromatic heterocycles. The lowest BCUT2D eigenvalue weighted by Crippen LogP contribution is -2.26. The minimum atomic E-state index is 0.00760. The Morgan fingerprint density at radius 2 is 1.89 bits per heavy atom. The van der Waals surface area contributed by atoms with E-state index < -0.39 is 0 Å². The first-order valence-corrected chi connectivity index (χ1v) is 6.82. The van der Waals surface area contributed by atoms with Crippen LogP contribution in [0.25, 0.3) is 0 Å². The highest BCUT2D eigenvalue weighted by atomic mass is 32.1. The summed E-state index contributed by atoms with van der Waals surface area (Å²) in [7, 11) is 0. The number of carbonyl (C=O) groups is 1. The van der Waals surface area contributed by atoms with Gasteiger partial charge in [0.2, 0.25) is 0 Å². The van der Waals surface area contributed by atoms with Gasteiger partial charge in [0.15, 0.2) is 0 Å². The van der Waals surface area contributed by atoms with Crippen molar-refractivity contribution < 1.29 is 4.79 Å². The number of thiophene rings is 1. The molecule has 0 bridgehead atoms. The molecule has 2 nitrogen and oxygen atoms in total. The summed E-state index contributed by atoms with van der Waals surface area (Å²) in [5, 5.41) is 3.03. The van der Waals surface area contributed by atoms with Crippen LogP contribution in [0.4, 0.5) is 0 Å². The molecule has 2 rings (SSSR count). The fourth-order valence-corrected chi connectivity index (χ4v) is 2.88. The maximum Gasteiger partial charge on any atom is 0.252 e. The summed E-state index contributed by atoms with van der Waals surface area (Å²) in [6.07, 6.45) is 0. The second-order valence-corrected chi connectivity index (χ2v) is 5.89. The Balaban J connectivity index is 2.10. The molecule has 0 fully saturated rings. The zero-order valence-electron chi connectivity index (χ0n) is 10.9. The fourth-order valence-electron chi connectivity index (χ4n) is 1.96. The van der Waals surface area contributed by atoms with Crippen molar-refractivity contribution in [1.29, 1.82) is 0 Å². The summed E-state index contributed by atoms with van der Waals surface area (Å²) in [5.74, 6) is 0.00760. The number of benzene rings is 1. The van der Waals surface area contributed by atoms with Crippen molar-refractivity contribution in [2.45, 2.75) is 26.8 Å². The first kappa shape index (κ1) is 12.8. The van der Waals surface area contributed by atoms with Crippen molar-refractivity contribution in [3.63, 3.8) is 0 Å². The zero-order valence-corrected chi connectivity index (χ0v) is 11.7. The van der Waals surface area contributed by atoms with E-state index in [1.54, 1.807) is 11.3 Å². The molecule has 94 valence electrons. The van der Waals surface area contributed by atoms with Gasteiger partial charge in [-0.05, 0) is 32.4 Å². The number of hydrogen-bond donors (Lipinski definition) is 1. The predicted octanol–water partition coefficient (Wildman–Crippen LogP) is 3.86. The Hall–Kier alpha value is -1.61. The lowest BCUT2D eigenvalue weighted by Gasteiger charge is -2.14. The predicted molar refractivity (Wildman–Crippen MR) is 76.1 cm³/mol. The second-order valence-electron chi connectivity index (χ2n) is 4.43. The molecule has 0 saturated carbocycles. The summed E-state index contributed by atoms with van der Waals surface area (Å²) in [6.45, 7) is 6.01. The van der Waals surface area contributed by atoms with Crippen molar-refractivity contribution in [3.8, 4) is 0 Å². The van der Waals surface area contributed by atoms with E-state index in [2.05, 4.69) is 5.32 Å². The van der Waals surface area contributed by atoms with Crippen LogP contribution in [0.3, 0.4) is 0 Å². The van der Waals surface area contributed by atoms with Gasteiger partial charge in [-0.2, -0.15) is 0 Å². The van der Waals surface area contributed by atoms with E-state index in [0.29, 0.717) is 0 Å². The molecular formula is C15H17NOS. The third-order valence-electron chi connectivity index (χ3n) is 2.93. The molecule has 1 atom stereocenters. The molecule has 0 saturated heterocycles. The van der Waals surface area contributed by atoms with Gasteiger partial charge in [0.05, 0.1) is 11.6 Å². The number of rotatable bonds is 3. The molecule has 18 heavy (non-hydrogen) atoms. The molecule has 1 unspecified atom stereocenters. The average molecular weight is 259 g/mol. The molecule has 0 aliphatic rings. The third-order valence-corrected chi connectivity index (χ3v) is 3.90. The smallest absolute Gasteiger partial charge is 0.252 e. The van der Waals surface area contributed by atoms with Gasteiger partial charge in [0, 0.05) is 9.75 Å². The number of carbonyl (C=O) groups excluding carboxylic acids is 1. The lowest BCUT2D eigenvalue weighted by atomic mass is 10.1. The van der Waals surface area contributed by atoms with E-state index in [0.717, 1.165) is 16.0 Å². The summed E-state index contributed by atoms with van der Waals surface area (Å²) in [5.41, 5.74) is 1.91. The van der Waals surface area contributed by atoms with Crippen LogP contribution >= 0.6 is 11.3 Å². The Kier molecular flexibility index (Phi) is 3.82. The van der Waals surface area contributed by atoms with Gasteiger partial charge in [-0.3, -0.25) is 4.79 Å². The number of nitrogens with one attached hydrogen (secondary N) is 1. The van der Waals surface area contributed by atoms with Gasteiger partial charge in [0.1, 0.15) is 0 Å². The van der Waals surface area contributed by atoms with Gasteiger partial charge in [0.25, 0.3) is 5.91 Å². The molecule has 0 aliphatic heterocycles. The monoisotopic (exact) mass is 259 g/mol. The lowest BCUT2D eigenvalue weighted by molar-refractivity contribution is 0.0940. The number of amides is 1. The Bertz CT molecular complexity index is 545. The zero-order chi connectivity index (χ0) is 13.1. The van der Waals surface area contributed by atoms with Crippen LogP contribution in [0, 0.1) is 13.8 Å². The maximum absolute atomic E-state index is 12.2. The van der Waals surface area contributed by atoms with Crippen LogP contribution in [0.5, 0.6) is 0 Å². The quantitative estimate of drug-likeness (QED) is 0.891. The van der Waals surface area contributed by atoms with E-state index in [1.807, 2.05) is 57.2 Å². The summed E-state index contributed by atoms with van der Waals surface area (Å²) in [6, 6.07) is 12.0. The van der Waals surface area contributed by atoms with Crippen molar-refractivity contribution in [3.05, 3.63) is 57.3 Å². The largest absolute Gasteiger partial charge is 0.345 e. The van der Waals surface area contributed by atoms with E-state index in [4.69, 9.17) is 0 Å². The average Bonchev–Trinajstić information content (AvgIpc) is 2.69. The van der Waals surface area contributed by atoms with Crippen molar-refractivity contribution >= 4 is 17.2 Å². The van der Waals surface area contributed by atoms with Gasteiger partial charge in [-0.25, -0.2) is 0 Å². The molecule has 3 heteroatoms. The van der Waals surface area contributed by atoms with E-state index in [9.17, 15) is 4.79 Å². The molecule has 1 amide bonds. The summed E-state index contributed by atoms with van der Waals surface area (Å²) >= 11 is 1.66. The van der Waals surface area contributed by atoms with E-state index in [-0.39, 0.29) is 11.9 Å². The second kappa shape index (κ2) is 5.36. The maximum atomic E-state index is 12.2. The SMILES string of the molecule is Cc1cc(C(=O)NC(C)c2ccccc2)c(C)s1. The molecule has 1 heterocycles. The molecule has 1 N–H and O–H groups in total. The fraction of sp³-hybridized carbons (Fsp3) is 0.267. The molecule has 0 spiro atoms. The number of aryl methyl sites for hydroxylation is 2. The topological polar surface area (TPSA) is 29.1 Å². The van der Waals surface area contributed by atoms with E-state index in [1.165, 1.54) is 4.88 Å². The highest BCUT2D eigenvalue weighted by Gasteiger charge is 2.14. The Morgan fingerprint density at radius 3 is 2.44 bits per heavy atom. The van der Waals surface area contributed by atoms with Crippen molar-refractivity contribution in [1.82, 2.24) is 5.32 Å². The van der Waals surface area contributed by atoms with E-state index >= 15 is 0 Å². The highest BCUT2D eigenvalue weighted by molar-refractivity contribution is 7.12. The highest BCUT2D eigenvalue weighted by Crippen LogP contribution is 2.21. The molecule has 2 aromatic rings. The van der Waals surface area contributed by atoms with Crippen LogP contribution in [-0.2, 0) is 0 Å². The van der Waals surface area contributed by atoms with Gasteiger partial charge >= 0.3 is 0 Å². The molecule has 1 aromatic carbocycles. The standard InChI is InChI=1S/C15H17NOS/c1-10-9-14(12(3)18-10)15(17)16-11(2)13-7-5-4-6-8-13/h4-9,11H,1-3H3,(H,16,17). The van der Waals surface area contributed by atoms with Gasteiger partial charge in [-0.1, -0.05) is 30.3 Å². The number of hydrogen-bond acceptors (Lipinski definition) is 2. The molecular weight excluding hydrogens is 242 g/mol. The minimum absolute atomic E-state index is 0.00760. The van der Waals surface area contributed by atoms with Crippen LogP contribution in [0.2, 0.25) is 0 Å². The normalized spacial score (nSPS) is 12.2. The Morgan fingerprint density at radius 1 is 1.22 bits per heavy atom. The third kappa shape index (κ3) is 2.79. The summed E-state index contributed by atoms with van der Waals surface area (Å²) < 4.78 is 0. The van der Waals surface area contributed by atoms with Crippen molar-refractivity contribution in [2.75, 3.05) is 0 Å². The van der Waals surface area contributed by atoms with Gasteiger partial charge in [-0.15, -0.1) is 11.3 Å². The minimum Gasteiger partial charge on any atom is -0.345 e. The first-order chi connectivity index (χ1) is 8.58. The van der Waals surface area contributed by atoms with Crippen LogP contribution in [0.1, 0.15) is 38.6 Å². The van der Waals surface area contributed by atoms with Crippen LogP contribution in [-0.4, -0.2) is 5.91 Å². The molecule has 0 aliphatic carbocycles. The van der Waals surface area contributed by atoms with Crippen LogP contribution in [0.15, 0.2) is 36.4 Å². The summed E-state index contributed by atoms with van der Waals surface area (Å²) in [4.78, 5) is 14.4. The van der Waals surface area contributed by atoms with Gasteiger partial charge < -0.3 is 5.32 Å². The first-order valence-electron chi connectivity index (χ1n) is 6.01. The Labute approximate surface area is 112 Å².